The van der Waals surface area contributed by atoms with E-state index in [9.17, 15) is 14.4 Å². The van der Waals surface area contributed by atoms with Gasteiger partial charge in [0.15, 0.2) is 5.78 Å². The molecule has 0 aromatic heterocycles. The first-order valence-corrected chi connectivity index (χ1v) is 9.71. The highest BCUT2D eigenvalue weighted by Gasteiger charge is 2.26. The summed E-state index contributed by atoms with van der Waals surface area (Å²) in [6, 6.07) is 20.3. The molecular formula is C25H23NO5. The van der Waals surface area contributed by atoms with Crippen LogP contribution in [0.2, 0.25) is 0 Å². The molecule has 1 amide bonds. The summed E-state index contributed by atoms with van der Waals surface area (Å²) in [6.07, 6.45) is -1.18. The zero-order valence-corrected chi connectivity index (χ0v) is 17.5. The molecule has 3 aromatic carbocycles. The summed E-state index contributed by atoms with van der Waals surface area (Å²) in [5.74, 6) is -0.745. The Hall–Kier alpha value is -3.93. The van der Waals surface area contributed by atoms with E-state index in [1.54, 1.807) is 72.8 Å². The molecule has 0 fully saturated rings. The highest BCUT2D eigenvalue weighted by atomic mass is 16.5. The molecule has 1 atom stereocenters. The number of hydrogen-bond acceptors (Lipinski definition) is 5. The number of Topliss-reactive ketones (excluding diaryl/α,β-unsaturated/α-hetero) is 1. The topological polar surface area (TPSA) is 81.7 Å². The number of ether oxygens (including phenoxy) is 2. The molecule has 1 N–H and O–H groups in total. The minimum absolute atomic E-state index is 0.115. The first kappa shape index (κ1) is 21.8. The average molecular weight is 417 g/mol. The lowest BCUT2D eigenvalue weighted by Gasteiger charge is -2.19. The highest BCUT2D eigenvalue weighted by molar-refractivity contribution is 6.00. The molecule has 6 nitrogen and oxygen atoms in total. The molecule has 0 aliphatic rings. The number of esters is 1. The third-order valence-electron chi connectivity index (χ3n) is 4.75. The van der Waals surface area contributed by atoms with E-state index in [1.807, 2.05) is 6.92 Å². The third-order valence-corrected chi connectivity index (χ3v) is 4.75. The van der Waals surface area contributed by atoms with Crippen LogP contribution >= 0.6 is 0 Å². The number of carbonyl (C=O) groups is 3. The van der Waals surface area contributed by atoms with Crippen LogP contribution in [0.25, 0.3) is 0 Å². The van der Waals surface area contributed by atoms with E-state index >= 15 is 0 Å². The van der Waals surface area contributed by atoms with E-state index in [1.165, 1.54) is 14.0 Å². The lowest BCUT2D eigenvalue weighted by atomic mass is 10.1. The van der Waals surface area contributed by atoms with Crippen LogP contribution in [0.3, 0.4) is 0 Å². The van der Waals surface area contributed by atoms with Crippen molar-refractivity contribution in [2.45, 2.75) is 20.0 Å². The Bertz CT molecular complexity index is 1110. The van der Waals surface area contributed by atoms with Crippen molar-refractivity contribution >= 4 is 23.3 Å². The fourth-order valence-electron chi connectivity index (χ4n) is 3.05. The molecule has 6 heteroatoms. The minimum Gasteiger partial charge on any atom is -0.496 e. The van der Waals surface area contributed by atoms with Crippen LogP contribution in [0.4, 0.5) is 5.69 Å². The molecule has 0 saturated carbocycles. The number of methoxy groups -OCH3 is 1. The summed E-state index contributed by atoms with van der Waals surface area (Å²) in [5.41, 5.74) is 2.58. The maximum absolute atomic E-state index is 13.0. The van der Waals surface area contributed by atoms with Crippen molar-refractivity contribution < 1.29 is 23.9 Å². The molecule has 31 heavy (non-hydrogen) atoms. The average Bonchev–Trinajstić information content (AvgIpc) is 2.78. The van der Waals surface area contributed by atoms with Crippen molar-refractivity contribution in [2.75, 3.05) is 12.4 Å². The van der Waals surface area contributed by atoms with Crippen molar-refractivity contribution in [1.29, 1.82) is 0 Å². The molecular weight excluding hydrogens is 394 g/mol. The second-order valence-corrected chi connectivity index (χ2v) is 7.01. The molecule has 158 valence electrons. The van der Waals surface area contributed by atoms with Gasteiger partial charge >= 0.3 is 5.97 Å². The normalized spacial score (nSPS) is 11.3. The fraction of sp³-hybridized carbons (Fsp3) is 0.160. The molecule has 3 rings (SSSR count). The molecule has 0 aliphatic carbocycles. The van der Waals surface area contributed by atoms with Gasteiger partial charge in [0, 0.05) is 16.8 Å². The van der Waals surface area contributed by atoms with Gasteiger partial charge in [-0.3, -0.25) is 9.59 Å². The number of amides is 1. The Labute approximate surface area is 180 Å². The van der Waals surface area contributed by atoms with Gasteiger partial charge in [-0.2, -0.15) is 0 Å². The monoisotopic (exact) mass is 417 g/mol. The number of ketones is 1. The van der Waals surface area contributed by atoms with Crippen molar-refractivity contribution in [3.63, 3.8) is 0 Å². The SMILES string of the molecule is COc1cc(C(=O)O[C@H](C(=O)Nc2cccc(C(C)=O)c2)c2ccccc2)ccc1C. The van der Waals surface area contributed by atoms with Gasteiger partial charge in [-0.25, -0.2) is 4.79 Å². The van der Waals surface area contributed by atoms with E-state index in [-0.39, 0.29) is 11.3 Å². The predicted molar refractivity (Wildman–Crippen MR) is 117 cm³/mol. The maximum atomic E-state index is 13.0. The summed E-state index contributed by atoms with van der Waals surface area (Å²) < 4.78 is 10.9. The Kier molecular flexibility index (Phi) is 6.82. The van der Waals surface area contributed by atoms with Crippen molar-refractivity contribution in [3.8, 4) is 5.75 Å². The molecule has 0 heterocycles. The number of carbonyl (C=O) groups excluding carboxylic acids is 3. The fourth-order valence-corrected chi connectivity index (χ4v) is 3.05. The Balaban J connectivity index is 1.87. The van der Waals surface area contributed by atoms with Crippen LogP contribution in [0, 0.1) is 6.92 Å². The standard InChI is InChI=1S/C25H23NO5/c1-16-12-13-20(15-22(16)30-3)25(29)31-23(18-8-5-4-6-9-18)24(28)26-21-11-7-10-19(14-21)17(2)27/h4-15,23H,1-3H3,(H,26,28)/t23-/m0/s1. The largest absolute Gasteiger partial charge is 0.496 e. The highest BCUT2D eigenvalue weighted by Crippen LogP contribution is 2.24. The van der Waals surface area contributed by atoms with Crippen molar-refractivity contribution in [3.05, 3.63) is 95.1 Å². The van der Waals surface area contributed by atoms with Crippen LogP contribution in [-0.4, -0.2) is 24.8 Å². The number of anilines is 1. The van der Waals surface area contributed by atoms with Crippen molar-refractivity contribution in [1.82, 2.24) is 0 Å². The Morgan fingerprint density at radius 2 is 1.61 bits per heavy atom. The van der Waals surface area contributed by atoms with Crippen LogP contribution in [0.1, 0.15) is 44.9 Å². The van der Waals surface area contributed by atoms with Gasteiger partial charge in [-0.15, -0.1) is 0 Å². The molecule has 0 unspecified atom stereocenters. The van der Waals surface area contributed by atoms with E-state index in [0.717, 1.165) is 5.56 Å². The third kappa shape index (κ3) is 5.36. The quantitative estimate of drug-likeness (QED) is 0.443. The van der Waals surface area contributed by atoms with Crippen LogP contribution < -0.4 is 10.1 Å². The van der Waals surface area contributed by atoms with Gasteiger partial charge in [-0.1, -0.05) is 48.5 Å². The molecule has 0 saturated heterocycles. The van der Waals surface area contributed by atoms with Crippen LogP contribution in [0.15, 0.2) is 72.8 Å². The zero-order chi connectivity index (χ0) is 22.4. The number of rotatable bonds is 7. The smallest absolute Gasteiger partial charge is 0.339 e. The van der Waals surface area contributed by atoms with Crippen LogP contribution in [0.5, 0.6) is 5.75 Å². The van der Waals surface area contributed by atoms with Gasteiger partial charge in [0.1, 0.15) is 5.75 Å². The zero-order valence-electron chi connectivity index (χ0n) is 17.5. The summed E-state index contributed by atoms with van der Waals surface area (Å²) in [7, 11) is 1.52. The van der Waals surface area contributed by atoms with E-state index in [4.69, 9.17) is 9.47 Å². The summed E-state index contributed by atoms with van der Waals surface area (Å²) in [5, 5.41) is 2.73. The van der Waals surface area contributed by atoms with E-state index in [0.29, 0.717) is 22.6 Å². The first-order valence-electron chi connectivity index (χ1n) is 9.71. The summed E-state index contributed by atoms with van der Waals surface area (Å²) in [4.78, 5) is 37.5. The van der Waals surface area contributed by atoms with Gasteiger partial charge in [0.2, 0.25) is 6.10 Å². The van der Waals surface area contributed by atoms with Gasteiger partial charge in [0.25, 0.3) is 5.91 Å². The lowest BCUT2D eigenvalue weighted by molar-refractivity contribution is -0.125. The number of hydrogen-bond donors (Lipinski definition) is 1. The number of aryl methyl sites for hydroxylation is 1. The molecule has 0 spiro atoms. The molecule has 0 aliphatic heterocycles. The van der Waals surface area contributed by atoms with Gasteiger partial charge in [0.05, 0.1) is 12.7 Å². The van der Waals surface area contributed by atoms with E-state index in [2.05, 4.69) is 5.32 Å². The minimum atomic E-state index is -1.18. The molecule has 0 bridgehead atoms. The number of benzene rings is 3. The summed E-state index contributed by atoms with van der Waals surface area (Å²) >= 11 is 0. The molecule has 0 radical (unpaired) electrons. The Morgan fingerprint density at radius 3 is 2.29 bits per heavy atom. The Morgan fingerprint density at radius 1 is 0.871 bits per heavy atom. The lowest BCUT2D eigenvalue weighted by Crippen LogP contribution is -2.26. The second kappa shape index (κ2) is 9.71. The summed E-state index contributed by atoms with van der Waals surface area (Å²) in [6.45, 7) is 3.31. The van der Waals surface area contributed by atoms with Gasteiger partial charge < -0.3 is 14.8 Å². The van der Waals surface area contributed by atoms with Gasteiger partial charge in [-0.05, 0) is 43.7 Å². The molecule has 3 aromatic rings. The number of nitrogens with one attached hydrogen (secondary N) is 1. The van der Waals surface area contributed by atoms with Crippen molar-refractivity contribution in [2.24, 2.45) is 0 Å². The van der Waals surface area contributed by atoms with E-state index < -0.39 is 18.0 Å². The second-order valence-electron chi connectivity index (χ2n) is 7.01. The van der Waals surface area contributed by atoms with Crippen LogP contribution in [-0.2, 0) is 9.53 Å². The predicted octanol–water partition coefficient (Wildman–Crippen LogP) is 4.74. The first-order chi connectivity index (χ1) is 14.9. The maximum Gasteiger partial charge on any atom is 0.339 e.